The number of aromatic nitrogens is 1. The second kappa shape index (κ2) is 7.23. The predicted octanol–water partition coefficient (Wildman–Crippen LogP) is 5.65. The molecule has 2 heterocycles. The summed E-state index contributed by atoms with van der Waals surface area (Å²) in [6, 6.07) is 21.5. The molecule has 0 aliphatic carbocycles. The fourth-order valence-electron chi connectivity index (χ4n) is 2.77. The van der Waals surface area contributed by atoms with Gasteiger partial charge in [-0.15, -0.1) is 0 Å². The summed E-state index contributed by atoms with van der Waals surface area (Å²) < 4.78 is 3.60. The van der Waals surface area contributed by atoms with E-state index in [4.69, 9.17) is 12.2 Å². The SMILES string of the molecule is O=C1/C(=C/c2cccn2-c2cccc(Br)c2)SC(=S)N1c1ccccc1. The lowest BCUT2D eigenvalue weighted by molar-refractivity contribution is -0.113. The second-order valence-corrected chi connectivity index (χ2v) is 8.23. The molecule has 1 fully saturated rings. The van der Waals surface area contributed by atoms with E-state index in [2.05, 4.69) is 15.9 Å². The summed E-state index contributed by atoms with van der Waals surface area (Å²) in [7, 11) is 0. The number of nitrogens with zero attached hydrogens (tertiary/aromatic N) is 2. The van der Waals surface area contributed by atoms with Gasteiger partial charge in [0.25, 0.3) is 5.91 Å². The Morgan fingerprint density at radius 3 is 2.50 bits per heavy atom. The van der Waals surface area contributed by atoms with Gasteiger partial charge >= 0.3 is 0 Å². The van der Waals surface area contributed by atoms with E-state index in [-0.39, 0.29) is 5.91 Å². The van der Waals surface area contributed by atoms with Crippen molar-refractivity contribution in [3.8, 4) is 5.69 Å². The molecule has 4 rings (SSSR count). The summed E-state index contributed by atoms with van der Waals surface area (Å²) in [5, 5.41) is 0. The smallest absolute Gasteiger partial charge is 0.270 e. The van der Waals surface area contributed by atoms with E-state index in [9.17, 15) is 4.79 Å². The Balaban J connectivity index is 1.70. The number of carbonyl (C=O) groups excluding carboxylic acids is 1. The molecule has 2 aromatic carbocycles. The Morgan fingerprint density at radius 1 is 0.962 bits per heavy atom. The molecule has 1 aliphatic rings. The van der Waals surface area contributed by atoms with Gasteiger partial charge in [-0.2, -0.15) is 0 Å². The first-order valence-corrected chi connectivity index (χ1v) is 9.91. The van der Waals surface area contributed by atoms with Crippen LogP contribution in [0.2, 0.25) is 0 Å². The molecule has 0 radical (unpaired) electrons. The molecule has 0 saturated carbocycles. The molecular formula is C20H13BrN2OS2. The molecule has 128 valence electrons. The highest BCUT2D eigenvalue weighted by atomic mass is 79.9. The van der Waals surface area contributed by atoms with Gasteiger partial charge in [-0.3, -0.25) is 9.69 Å². The third kappa shape index (κ3) is 3.28. The summed E-state index contributed by atoms with van der Waals surface area (Å²) in [5.41, 5.74) is 2.74. The van der Waals surface area contributed by atoms with E-state index >= 15 is 0 Å². The lowest BCUT2D eigenvalue weighted by atomic mass is 10.2. The lowest BCUT2D eigenvalue weighted by Gasteiger charge is -2.13. The van der Waals surface area contributed by atoms with Crippen LogP contribution in [-0.4, -0.2) is 14.8 Å². The van der Waals surface area contributed by atoms with Crippen molar-refractivity contribution in [3.63, 3.8) is 0 Å². The first-order chi connectivity index (χ1) is 12.6. The summed E-state index contributed by atoms with van der Waals surface area (Å²) in [5.74, 6) is -0.0896. The summed E-state index contributed by atoms with van der Waals surface area (Å²) in [6.45, 7) is 0. The molecule has 0 bridgehead atoms. The van der Waals surface area contributed by atoms with Gasteiger partial charge < -0.3 is 4.57 Å². The van der Waals surface area contributed by atoms with E-state index in [0.717, 1.165) is 21.5 Å². The van der Waals surface area contributed by atoms with Crippen molar-refractivity contribution in [1.29, 1.82) is 0 Å². The van der Waals surface area contributed by atoms with Crippen LogP contribution in [0.3, 0.4) is 0 Å². The molecule has 3 aromatic rings. The van der Waals surface area contributed by atoms with Crippen LogP contribution in [0.4, 0.5) is 5.69 Å². The Bertz CT molecular complexity index is 1030. The van der Waals surface area contributed by atoms with Crippen LogP contribution in [0, 0.1) is 0 Å². The van der Waals surface area contributed by atoms with Crippen molar-refractivity contribution in [3.05, 3.63) is 88.0 Å². The van der Waals surface area contributed by atoms with Crippen LogP contribution >= 0.6 is 39.9 Å². The topological polar surface area (TPSA) is 25.2 Å². The van der Waals surface area contributed by atoms with E-state index < -0.39 is 0 Å². The second-order valence-electron chi connectivity index (χ2n) is 5.64. The van der Waals surface area contributed by atoms with E-state index in [0.29, 0.717) is 9.23 Å². The van der Waals surface area contributed by atoms with Crippen molar-refractivity contribution in [2.45, 2.75) is 0 Å². The molecule has 0 spiro atoms. The highest BCUT2D eigenvalue weighted by molar-refractivity contribution is 9.10. The van der Waals surface area contributed by atoms with E-state index in [1.54, 1.807) is 4.90 Å². The van der Waals surface area contributed by atoms with Crippen molar-refractivity contribution in [2.24, 2.45) is 0 Å². The quantitative estimate of drug-likeness (QED) is 0.388. The summed E-state index contributed by atoms with van der Waals surface area (Å²) >= 11 is 10.3. The zero-order valence-corrected chi connectivity index (χ0v) is 16.7. The number of para-hydroxylation sites is 1. The minimum Gasteiger partial charge on any atom is -0.317 e. The van der Waals surface area contributed by atoms with Gasteiger partial charge in [0.1, 0.15) is 0 Å². The number of thiocarbonyl (C=S) groups is 1. The third-order valence-corrected chi connectivity index (χ3v) is 5.75. The van der Waals surface area contributed by atoms with Crippen LogP contribution in [0.1, 0.15) is 5.69 Å². The number of carbonyl (C=O) groups is 1. The Morgan fingerprint density at radius 2 is 1.73 bits per heavy atom. The zero-order chi connectivity index (χ0) is 18.1. The largest absolute Gasteiger partial charge is 0.317 e. The van der Waals surface area contributed by atoms with Crippen LogP contribution in [-0.2, 0) is 4.79 Å². The number of benzene rings is 2. The van der Waals surface area contributed by atoms with Gasteiger partial charge in [-0.25, -0.2) is 0 Å². The molecule has 1 aromatic heterocycles. The van der Waals surface area contributed by atoms with E-state index in [1.807, 2.05) is 83.6 Å². The number of thioether (sulfide) groups is 1. The van der Waals surface area contributed by atoms with Crippen LogP contribution < -0.4 is 4.90 Å². The maximum atomic E-state index is 12.9. The van der Waals surface area contributed by atoms with Gasteiger partial charge in [0.05, 0.1) is 10.6 Å². The Kier molecular flexibility index (Phi) is 4.80. The molecule has 1 saturated heterocycles. The first-order valence-electron chi connectivity index (χ1n) is 7.90. The third-order valence-electron chi connectivity index (χ3n) is 3.95. The number of amides is 1. The lowest BCUT2D eigenvalue weighted by Crippen LogP contribution is -2.27. The van der Waals surface area contributed by atoms with Crippen LogP contribution in [0.15, 0.2) is 82.3 Å². The van der Waals surface area contributed by atoms with Gasteiger partial charge in [0, 0.05) is 22.1 Å². The highest BCUT2D eigenvalue weighted by Gasteiger charge is 2.33. The normalized spacial score (nSPS) is 15.9. The fraction of sp³-hybridized carbons (Fsp3) is 0. The van der Waals surface area contributed by atoms with Crippen LogP contribution in [0.25, 0.3) is 11.8 Å². The van der Waals surface area contributed by atoms with Crippen molar-refractivity contribution in [1.82, 2.24) is 4.57 Å². The van der Waals surface area contributed by atoms with E-state index in [1.165, 1.54) is 11.8 Å². The van der Waals surface area contributed by atoms with Gasteiger partial charge in [0.15, 0.2) is 4.32 Å². The molecule has 0 atom stereocenters. The Labute approximate surface area is 169 Å². The molecule has 1 aliphatic heterocycles. The minimum absolute atomic E-state index is 0.0896. The Hall–Kier alpha value is -2.15. The minimum atomic E-state index is -0.0896. The number of rotatable bonds is 3. The summed E-state index contributed by atoms with van der Waals surface area (Å²) in [6.07, 6.45) is 3.87. The monoisotopic (exact) mass is 440 g/mol. The standard InChI is InChI=1S/C20H13BrN2OS2/c21-14-6-4-9-16(12-14)22-11-5-10-17(22)13-18-19(24)23(20(25)26-18)15-7-2-1-3-8-15/h1-13H/b18-13-. The molecule has 6 heteroatoms. The van der Waals surface area contributed by atoms with Crippen molar-refractivity contribution < 1.29 is 4.79 Å². The average molecular weight is 441 g/mol. The molecular weight excluding hydrogens is 428 g/mol. The number of halogens is 1. The van der Waals surface area contributed by atoms with Crippen molar-refractivity contribution >= 4 is 61.9 Å². The molecule has 0 unspecified atom stereocenters. The van der Waals surface area contributed by atoms with Crippen LogP contribution in [0.5, 0.6) is 0 Å². The molecule has 0 N–H and O–H groups in total. The fourth-order valence-corrected chi connectivity index (χ4v) is 4.45. The summed E-state index contributed by atoms with van der Waals surface area (Å²) in [4.78, 5) is 15.1. The number of hydrogen-bond acceptors (Lipinski definition) is 3. The first kappa shape index (κ1) is 17.3. The number of hydrogen-bond donors (Lipinski definition) is 0. The average Bonchev–Trinajstić information content (AvgIpc) is 3.21. The van der Waals surface area contributed by atoms with Gasteiger partial charge in [-0.05, 0) is 48.5 Å². The molecule has 26 heavy (non-hydrogen) atoms. The maximum absolute atomic E-state index is 12.9. The zero-order valence-electron chi connectivity index (χ0n) is 13.5. The maximum Gasteiger partial charge on any atom is 0.270 e. The molecule has 1 amide bonds. The highest BCUT2D eigenvalue weighted by Crippen LogP contribution is 2.36. The van der Waals surface area contributed by atoms with Gasteiger partial charge in [0.2, 0.25) is 0 Å². The van der Waals surface area contributed by atoms with Gasteiger partial charge in [-0.1, -0.05) is 64.2 Å². The predicted molar refractivity (Wildman–Crippen MR) is 116 cm³/mol. The van der Waals surface area contributed by atoms with Crippen molar-refractivity contribution in [2.75, 3.05) is 4.90 Å². The molecule has 3 nitrogen and oxygen atoms in total. The number of anilines is 1.